The number of aromatic nitrogens is 2. The number of fused-ring (bicyclic) bond motifs is 3. The summed E-state index contributed by atoms with van der Waals surface area (Å²) in [6.45, 7) is 4.93. The van der Waals surface area contributed by atoms with Gasteiger partial charge in [0.15, 0.2) is 0 Å². The van der Waals surface area contributed by atoms with E-state index in [4.69, 9.17) is 0 Å². The Balaban J connectivity index is 1.86. The number of aryl methyl sites for hydroxylation is 1. The molecular formula is C19H25N3O4S. The predicted octanol–water partition coefficient (Wildman–Crippen LogP) is 1.53. The van der Waals surface area contributed by atoms with E-state index in [-0.39, 0.29) is 0 Å². The largest absolute Gasteiger partial charge is 0.480 e. The third kappa shape index (κ3) is 3.36. The van der Waals surface area contributed by atoms with E-state index in [0.717, 1.165) is 53.9 Å². The minimum absolute atomic E-state index is 0.443. The van der Waals surface area contributed by atoms with E-state index >= 15 is 0 Å². The Morgan fingerprint density at radius 3 is 2.63 bits per heavy atom. The van der Waals surface area contributed by atoms with Crippen LogP contribution in [-0.4, -0.2) is 44.7 Å². The molecule has 1 atom stereocenters. The van der Waals surface area contributed by atoms with Crippen LogP contribution in [0.4, 0.5) is 0 Å². The molecule has 0 aromatic carbocycles. The molecule has 1 aliphatic heterocycles. The van der Waals surface area contributed by atoms with Crippen molar-refractivity contribution in [2.75, 3.05) is 19.6 Å². The van der Waals surface area contributed by atoms with Gasteiger partial charge in [0.1, 0.15) is 11.4 Å². The lowest BCUT2D eigenvalue weighted by Gasteiger charge is -2.18. The predicted molar refractivity (Wildman–Crippen MR) is 105 cm³/mol. The van der Waals surface area contributed by atoms with Gasteiger partial charge in [0.05, 0.1) is 5.39 Å². The van der Waals surface area contributed by atoms with Crippen LogP contribution in [0.2, 0.25) is 0 Å². The average Bonchev–Trinajstić information content (AvgIpc) is 3.25. The van der Waals surface area contributed by atoms with Crippen molar-refractivity contribution in [2.45, 2.75) is 52.1 Å². The van der Waals surface area contributed by atoms with Crippen LogP contribution in [-0.2, 0) is 30.7 Å². The maximum absolute atomic E-state index is 13.0. The van der Waals surface area contributed by atoms with Crippen molar-refractivity contribution in [1.29, 1.82) is 0 Å². The van der Waals surface area contributed by atoms with Crippen LogP contribution in [0.3, 0.4) is 0 Å². The zero-order valence-electron chi connectivity index (χ0n) is 15.6. The van der Waals surface area contributed by atoms with Crippen LogP contribution in [0, 0.1) is 5.92 Å². The fourth-order valence-corrected chi connectivity index (χ4v) is 5.84. The average molecular weight is 391 g/mol. The van der Waals surface area contributed by atoms with Gasteiger partial charge in [0, 0.05) is 18.0 Å². The van der Waals surface area contributed by atoms with Crippen molar-refractivity contribution in [2.24, 2.45) is 5.92 Å². The summed E-state index contributed by atoms with van der Waals surface area (Å²) in [6, 6.07) is 0. The van der Waals surface area contributed by atoms with Crippen LogP contribution in [0.15, 0.2) is 9.59 Å². The maximum Gasteiger partial charge on any atom is 0.332 e. The number of aliphatic carboxylic acids is 1. The van der Waals surface area contributed by atoms with Gasteiger partial charge in [0.25, 0.3) is 5.56 Å². The first-order valence-electron chi connectivity index (χ1n) is 9.67. The topological polar surface area (TPSA) is 84.5 Å². The van der Waals surface area contributed by atoms with Gasteiger partial charge in [-0.05, 0) is 56.7 Å². The van der Waals surface area contributed by atoms with Crippen molar-refractivity contribution < 1.29 is 9.90 Å². The van der Waals surface area contributed by atoms with Crippen molar-refractivity contribution in [1.82, 2.24) is 14.0 Å². The summed E-state index contributed by atoms with van der Waals surface area (Å²) in [7, 11) is 0. The first-order chi connectivity index (χ1) is 13.0. The van der Waals surface area contributed by atoms with Gasteiger partial charge in [0.2, 0.25) is 0 Å². The zero-order chi connectivity index (χ0) is 19.1. The normalized spacial score (nSPS) is 20.3. The highest BCUT2D eigenvalue weighted by Gasteiger charge is 2.26. The SMILES string of the molecule is CC1CCc2c(sc3c2c(=O)n(CC(=O)O)c(=O)n3CCN2CCCC2)C1. The summed E-state index contributed by atoms with van der Waals surface area (Å²) < 4.78 is 2.55. The summed E-state index contributed by atoms with van der Waals surface area (Å²) in [5.41, 5.74) is 0.0924. The number of thiophene rings is 1. The Labute approximate surface area is 160 Å². The van der Waals surface area contributed by atoms with Crippen LogP contribution in [0.1, 0.15) is 36.6 Å². The molecule has 7 nitrogen and oxygen atoms in total. The van der Waals surface area contributed by atoms with E-state index in [0.29, 0.717) is 17.8 Å². The fraction of sp³-hybridized carbons (Fsp3) is 0.632. The summed E-state index contributed by atoms with van der Waals surface area (Å²) >= 11 is 1.55. The molecular weight excluding hydrogens is 366 g/mol. The monoisotopic (exact) mass is 391 g/mol. The maximum atomic E-state index is 13.0. The first kappa shape index (κ1) is 18.4. The van der Waals surface area contributed by atoms with Crippen molar-refractivity contribution in [3.63, 3.8) is 0 Å². The molecule has 1 fully saturated rings. The summed E-state index contributed by atoms with van der Waals surface area (Å²) in [5.74, 6) is -0.603. The van der Waals surface area contributed by atoms with Crippen LogP contribution in [0.5, 0.6) is 0 Å². The molecule has 1 N–H and O–H groups in total. The summed E-state index contributed by atoms with van der Waals surface area (Å²) in [6.07, 6.45) is 5.11. The highest BCUT2D eigenvalue weighted by Crippen LogP contribution is 2.36. The van der Waals surface area contributed by atoms with Crippen LogP contribution < -0.4 is 11.2 Å². The van der Waals surface area contributed by atoms with E-state index in [2.05, 4.69) is 11.8 Å². The molecule has 2 aliphatic rings. The highest BCUT2D eigenvalue weighted by molar-refractivity contribution is 7.18. The molecule has 2 aromatic heterocycles. The smallest absolute Gasteiger partial charge is 0.332 e. The molecule has 3 heterocycles. The number of carboxylic acids is 1. The van der Waals surface area contributed by atoms with Crippen LogP contribution in [0.25, 0.3) is 10.2 Å². The molecule has 1 unspecified atom stereocenters. The van der Waals surface area contributed by atoms with Crippen molar-refractivity contribution >= 4 is 27.5 Å². The van der Waals surface area contributed by atoms with E-state index in [1.165, 1.54) is 17.7 Å². The van der Waals surface area contributed by atoms with Crippen molar-refractivity contribution in [3.8, 4) is 0 Å². The number of hydrogen-bond acceptors (Lipinski definition) is 5. The van der Waals surface area contributed by atoms with E-state index in [1.54, 1.807) is 15.9 Å². The number of carbonyl (C=O) groups is 1. The molecule has 146 valence electrons. The molecule has 2 aromatic rings. The van der Waals surface area contributed by atoms with E-state index in [1.807, 2.05) is 0 Å². The van der Waals surface area contributed by atoms with E-state index < -0.39 is 23.8 Å². The molecule has 0 spiro atoms. The Morgan fingerprint density at radius 1 is 1.19 bits per heavy atom. The number of hydrogen-bond donors (Lipinski definition) is 1. The molecule has 0 radical (unpaired) electrons. The third-order valence-electron chi connectivity index (χ3n) is 5.79. The van der Waals surface area contributed by atoms with Crippen LogP contribution >= 0.6 is 11.3 Å². The number of nitrogens with zero attached hydrogens (tertiary/aromatic N) is 3. The number of carboxylic acid groups (broad SMARTS) is 1. The number of likely N-dealkylation sites (tertiary alicyclic amines) is 1. The van der Waals surface area contributed by atoms with E-state index in [9.17, 15) is 19.5 Å². The van der Waals surface area contributed by atoms with Crippen molar-refractivity contribution in [3.05, 3.63) is 31.3 Å². The van der Waals surface area contributed by atoms with Gasteiger partial charge in [-0.2, -0.15) is 0 Å². The van der Waals surface area contributed by atoms with Gasteiger partial charge in [-0.25, -0.2) is 9.36 Å². The Hall–Kier alpha value is -1.93. The van der Waals surface area contributed by atoms with Gasteiger partial charge >= 0.3 is 11.7 Å². The minimum atomic E-state index is -1.17. The molecule has 0 amide bonds. The minimum Gasteiger partial charge on any atom is -0.480 e. The summed E-state index contributed by atoms with van der Waals surface area (Å²) in [5, 5.41) is 9.76. The molecule has 1 aliphatic carbocycles. The zero-order valence-corrected chi connectivity index (χ0v) is 16.4. The number of rotatable bonds is 5. The third-order valence-corrected chi connectivity index (χ3v) is 7.07. The van der Waals surface area contributed by atoms with Gasteiger partial charge in [-0.15, -0.1) is 11.3 Å². The first-order valence-corrected chi connectivity index (χ1v) is 10.5. The molecule has 4 rings (SSSR count). The Morgan fingerprint density at radius 2 is 1.93 bits per heavy atom. The molecule has 1 saturated heterocycles. The second-order valence-corrected chi connectivity index (χ2v) is 8.88. The van der Waals surface area contributed by atoms with Gasteiger partial charge in [-0.1, -0.05) is 6.92 Å². The van der Waals surface area contributed by atoms with Gasteiger partial charge < -0.3 is 10.0 Å². The molecule has 27 heavy (non-hydrogen) atoms. The molecule has 0 bridgehead atoms. The quantitative estimate of drug-likeness (QED) is 0.836. The highest BCUT2D eigenvalue weighted by atomic mass is 32.1. The molecule has 0 saturated carbocycles. The summed E-state index contributed by atoms with van der Waals surface area (Å²) in [4.78, 5) is 41.4. The Bertz CT molecular complexity index is 997. The fourth-order valence-electron chi connectivity index (χ4n) is 4.32. The second kappa shape index (κ2) is 7.24. The second-order valence-electron chi connectivity index (χ2n) is 7.80. The van der Waals surface area contributed by atoms with Gasteiger partial charge in [-0.3, -0.25) is 14.2 Å². The lowest BCUT2D eigenvalue weighted by atomic mass is 9.89. The molecule has 8 heteroatoms. The lowest BCUT2D eigenvalue weighted by Crippen LogP contribution is -2.42. The Kier molecular flexibility index (Phi) is 4.94. The lowest BCUT2D eigenvalue weighted by molar-refractivity contribution is -0.137. The standard InChI is InChI=1S/C19H25N3O4S/c1-12-4-5-13-14(10-12)27-18-16(13)17(25)22(11-15(23)24)19(26)21(18)9-8-20-6-2-3-7-20/h12H,2-11H2,1H3,(H,23,24).